The van der Waals surface area contributed by atoms with Crippen molar-refractivity contribution in [3.8, 4) is 11.3 Å². The van der Waals surface area contributed by atoms with Crippen LogP contribution in [0.3, 0.4) is 0 Å². The topological polar surface area (TPSA) is 45.8 Å². The second-order valence-corrected chi connectivity index (χ2v) is 3.73. The van der Waals surface area contributed by atoms with E-state index in [1.165, 1.54) is 6.33 Å². The molecule has 0 atom stereocenters. The number of aromatic amines is 1. The van der Waals surface area contributed by atoms with Crippen LogP contribution in [0.25, 0.3) is 11.3 Å². The van der Waals surface area contributed by atoms with E-state index in [-0.39, 0.29) is 5.56 Å². The van der Waals surface area contributed by atoms with Crippen LogP contribution < -0.4 is 5.56 Å². The number of nitrogens with one attached hydrogen (secondary N) is 1. The molecular formula is C13H14N2O. The number of aryl methyl sites for hydroxylation is 1. The Labute approximate surface area is 94.2 Å². The summed E-state index contributed by atoms with van der Waals surface area (Å²) in [6, 6.07) is 7.97. The van der Waals surface area contributed by atoms with Crippen molar-refractivity contribution >= 4 is 0 Å². The quantitative estimate of drug-likeness (QED) is 0.833. The summed E-state index contributed by atoms with van der Waals surface area (Å²) in [6.07, 6.45) is 2.15. The van der Waals surface area contributed by atoms with Crippen LogP contribution in [0.4, 0.5) is 0 Å². The molecule has 0 aliphatic carbocycles. The second kappa shape index (κ2) is 4.31. The fourth-order valence-corrected chi connectivity index (χ4v) is 1.83. The Balaban J connectivity index is 2.70. The molecule has 0 unspecified atom stereocenters. The van der Waals surface area contributed by atoms with Crippen molar-refractivity contribution in [2.75, 3.05) is 0 Å². The third-order valence-corrected chi connectivity index (χ3v) is 2.70. The van der Waals surface area contributed by atoms with Gasteiger partial charge in [0.2, 0.25) is 0 Å². The molecule has 0 radical (unpaired) electrons. The standard InChI is InChI=1S/C13H14N2O/c1-3-10-12(14-8-15-13(10)16)11-7-5-4-6-9(11)2/h4-8H,3H2,1-2H3,(H,14,15,16). The monoisotopic (exact) mass is 214 g/mol. The van der Waals surface area contributed by atoms with Gasteiger partial charge in [-0.3, -0.25) is 4.79 Å². The molecule has 0 aliphatic rings. The Morgan fingerprint density at radius 1 is 1.31 bits per heavy atom. The molecule has 1 aromatic carbocycles. The summed E-state index contributed by atoms with van der Waals surface area (Å²) in [6.45, 7) is 3.99. The van der Waals surface area contributed by atoms with Gasteiger partial charge in [0, 0.05) is 11.1 Å². The Morgan fingerprint density at radius 3 is 2.75 bits per heavy atom. The number of aromatic nitrogens is 2. The average molecular weight is 214 g/mol. The fraction of sp³-hybridized carbons (Fsp3) is 0.231. The van der Waals surface area contributed by atoms with E-state index in [0.717, 1.165) is 22.4 Å². The molecular weight excluding hydrogens is 200 g/mol. The molecule has 1 heterocycles. The van der Waals surface area contributed by atoms with Gasteiger partial charge in [-0.25, -0.2) is 4.98 Å². The third-order valence-electron chi connectivity index (χ3n) is 2.70. The van der Waals surface area contributed by atoms with Gasteiger partial charge in [-0.2, -0.15) is 0 Å². The third kappa shape index (κ3) is 1.76. The number of rotatable bonds is 2. The van der Waals surface area contributed by atoms with Gasteiger partial charge in [-0.1, -0.05) is 31.2 Å². The summed E-state index contributed by atoms with van der Waals surface area (Å²) in [5.41, 5.74) is 3.66. The zero-order valence-corrected chi connectivity index (χ0v) is 9.45. The Morgan fingerprint density at radius 2 is 2.06 bits per heavy atom. The second-order valence-electron chi connectivity index (χ2n) is 3.73. The molecule has 1 aromatic heterocycles. The zero-order valence-electron chi connectivity index (χ0n) is 9.45. The van der Waals surface area contributed by atoms with Gasteiger partial charge in [0.25, 0.3) is 5.56 Å². The molecule has 0 amide bonds. The lowest BCUT2D eigenvalue weighted by molar-refractivity contribution is 1.01. The van der Waals surface area contributed by atoms with Gasteiger partial charge in [0.15, 0.2) is 0 Å². The molecule has 3 nitrogen and oxygen atoms in total. The molecule has 2 rings (SSSR count). The maximum Gasteiger partial charge on any atom is 0.254 e. The van der Waals surface area contributed by atoms with Crippen molar-refractivity contribution in [3.63, 3.8) is 0 Å². The van der Waals surface area contributed by atoms with Gasteiger partial charge < -0.3 is 4.98 Å². The lowest BCUT2D eigenvalue weighted by Gasteiger charge is -2.07. The first-order valence-corrected chi connectivity index (χ1v) is 5.36. The molecule has 0 saturated heterocycles. The zero-order chi connectivity index (χ0) is 11.5. The van der Waals surface area contributed by atoms with Crippen LogP contribution in [0, 0.1) is 6.92 Å². The summed E-state index contributed by atoms with van der Waals surface area (Å²) in [4.78, 5) is 18.6. The van der Waals surface area contributed by atoms with Crippen molar-refractivity contribution in [2.45, 2.75) is 20.3 Å². The van der Waals surface area contributed by atoms with Crippen LogP contribution >= 0.6 is 0 Å². The molecule has 0 saturated carbocycles. The summed E-state index contributed by atoms with van der Waals surface area (Å²) in [5.74, 6) is 0. The average Bonchev–Trinajstić information content (AvgIpc) is 2.29. The molecule has 3 heteroatoms. The highest BCUT2D eigenvalue weighted by atomic mass is 16.1. The number of H-pyrrole nitrogens is 1. The predicted octanol–water partition coefficient (Wildman–Crippen LogP) is 2.31. The fourth-order valence-electron chi connectivity index (χ4n) is 1.83. The van der Waals surface area contributed by atoms with Crippen LogP contribution in [0.5, 0.6) is 0 Å². The molecule has 16 heavy (non-hydrogen) atoms. The molecule has 2 aromatic rings. The molecule has 82 valence electrons. The Hall–Kier alpha value is -1.90. The lowest BCUT2D eigenvalue weighted by Crippen LogP contribution is -2.14. The highest BCUT2D eigenvalue weighted by Crippen LogP contribution is 2.22. The van der Waals surface area contributed by atoms with Crippen LogP contribution in [-0.4, -0.2) is 9.97 Å². The maximum absolute atomic E-state index is 11.7. The van der Waals surface area contributed by atoms with Crippen molar-refractivity contribution < 1.29 is 0 Å². The minimum atomic E-state index is -0.0456. The van der Waals surface area contributed by atoms with Crippen molar-refractivity contribution in [1.82, 2.24) is 9.97 Å². The normalized spacial score (nSPS) is 10.4. The van der Waals surface area contributed by atoms with Gasteiger partial charge in [0.1, 0.15) is 0 Å². The largest absolute Gasteiger partial charge is 0.313 e. The number of hydrogen-bond acceptors (Lipinski definition) is 2. The molecule has 0 aliphatic heterocycles. The minimum absolute atomic E-state index is 0.0456. The van der Waals surface area contributed by atoms with Crippen molar-refractivity contribution in [1.29, 1.82) is 0 Å². The van der Waals surface area contributed by atoms with Crippen molar-refractivity contribution in [3.05, 3.63) is 52.1 Å². The maximum atomic E-state index is 11.7. The number of hydrogen-bond donors (Lipinski definition) is 1. The highest BCUT2D eigenvalue weighted by molar-refractivity contribution is 5.66. The van der Waals surface area contributed by atoms with Gasteiger partial charge in [0.05, 0.1) is 12.0 Å². The van der Waals surface area contributed by atoms with E-state index < -0.39 is 0 Å². The smallest absolute Gasteiger partial charge is 0.254 e. The summed E-state index contributed by atoms with van der Waals surface area (Å²) < 4.78 is 0. The van der Waals surface area contributed by atoms with Gasteiger partial charge in [-0.05, 0) is 18.9 Å². The SMILES string of the molecule is CCc1c(-c2ccccc2C)nc[nH]c1=O. The number of nitrogens with zero attached hydrogens (tertiary/aromatic N) is 1. The lowest BCUT2D eigenvalue weighted by atomic mass is 10.0. The molecule has 1 N–H and O–H groups in total. The van der Waals surface area contributed by atoms with Crippen LogP contribution in [0.2, 0.25) is 0 Å². The molecule has 0 fully saturated rings. The number of benzene rings is 1. The van der Waals surface area contributed by atoms with E-state index in [9.17, 15) is 4.79 Å². The predicted molar refractivity (Wildman–Crippen MR) is 64.4 cm³/mol. The first kappa shape index (κ1) is 10.6. The molecule has 0 spiro atoms. The Bertz CT molecular complexity index is 558. The van der Waals surface area contributed by atoms with E-state index in [4.69, 9.17) is 0 Å². The highest BCUT2D eigenvalue weighted by Gasteiger charge is 2.10. The first-order valence-electron chi connectivity index (χ1n) is 5.36. The van der Waals surface area contributed by atoms with E-state index in [1.54, 1.807) is 0 Å². The van der Waals surface area contributed by atoms with Gasteiger partial charge in [-0.15, -0.1) is 0 Å². The van der Waals surface area contributed by atoms with Crippen molar-refractivity contribution in [2.24, 2.45) is 0 Å². The Kier molecular flexibility index (Phi) is 2.86. The summed E-state index contributed by atoms with van der Waals surface area (Å²) in [5, 5.41) is 0. The van der Waals surface area contributed by atoms with Crippen LogP contribution in [-0.2, 0) is 6.42 Å². The van der Waals surface area contributed by atoms with E-state index in [0.29, 0.717) is 6.42 Å². The van der Waals surface area contributed by atoms with E-state index in [1.807, 2.05) is 38.1 Å². The van der Waals surface area contributed by atoms with E-state index >= 15 is 0 Å². The van der Waals surface area contributed by atoms with Crippen LogP contribution in [0.1, 0.15) is 18.1 Å². The minimum Gasteiger partial charge on any atom is -0.313 e. The van der Waals surface area contributed by atoms with E-state index in [2.05, 4.69) is 9.97 Å². The summed E-state index contributed by atoms with van der Waals surface area (Å²) in [7, 11) is 0. The van der Waals surface area contributed by atoms with Crippen LogP contribution in [0.15, 0.2) is 35.4 Å². The van der Waals surface area contributed by atoms with Gasteiger partial charge >= 0.3 is 0 Å². The molecule has 0 bridgehead atoms. The first-order chi connectivity index (χ1) is 7.74. The summed E-state index contributed by atoms with van der Waals surface area (Å²) >= 11 is 0.